The minimum atomic E-state index is -4.89. The van der Waals surface area contributed by atoms with Crippen LogP contribution in [0.2, 0.25) is 0 Å². The number of H-pyrrole nitrogens is 1. The van der Waals surface area contributed by atoms with Gasteiger partial charge in [-0.15, -0.1) is 0 Å². The maximum atomic E-state index is 15.1. The highest BCUT2D eigenvalue weighted by molar-refractivity contribution is 5.86. The van der Waals surface area contributed by atoms with E-state index in [-0.39, 0.29) is 29.2 Å². The van der Waals surface area contributed by atoms with E-state index in [1.165, 1.54) is 22.9 Å². The fourth-order valence-corrected chi connectivity index (χ4v) is 5.43. The van der Waals surface area contributed by atoms with Crippen LogP contribution in [0.15, 0.2) is 46.4 Å². The van der Waals surface area contributed by atoms with Gasteiger partial charge in [0.1, 0.15) is 22.8 Å². The average molecular weight is 612 g/mol. The van der Waals surface area contributed by atoms with E-state index in [0.717, 1.165) is 25.1 Å². The number of nitrogen functional groups attached to an aromatic ring is 1. The average Bonchev–Trinajstić information content (AvgIpc) is 2.92. The highest BCUT2D eigenvalue weighted by Crippen LogP contribution is 2.36. The summed E-state index contributed by atoms with van der Waals surface area (Å²) in [5.74, 6) is -2.33. The van der Waals surface area contributed by atoms with Crippen molar-refractivity contribution in [3.8, 4) is 11.4 Å². The van der Waals surface area contributed by atoms with Crippen LogP contribution in [-0.2, 0) is 18.9 Å². The predicted octanol–water partition coefficient (Wildman–Crippen LogP) is 5.36. The van der Waals surface area contributed by atoms with Gasteiger partial charge in [-0.2, -0.15) is 31.4 Å². The molecule has 0 spiro atoms. The zero-order valence-corrected chi connectivity index (χ0v) is 22.2. The number of nitrogens with one attached hydrogen (secondary N) is 2. The standard InChI is InChI=1S/C27H24F7N7O2/c28-18-10-15-14(9-16(18)23-36-11-17(22(35)39-23)26(29,30)31)6-8-41(25(15)43)7-5-13-3-1-2-4-19(13)38-20-12-37-40-24(42)21(20)27(32,33)34/h6,8-13,19H,1-5,7H2,(H2,35,36,39)(H2,38,40,42)/t13-,19+/m1/s1. The second-order valence-electron chi connectivity index (χ2n) is 10.3. The summed E-state index contributed by atoms with van der Waals surface area (Å²) in [6, 6.07) is 3.31. The highest BCUT2D eigenvalue weighted by Gasteiger charge is 2.38. The number of rotatable bonds is 6. The van der Waals surface area contributed by atoms with Crippen LogP contribution in [-0.4, -0.2) is 30.8 Å². The third kappa shape index (κ3) is 6.17. The van der Waals surface area contributed by atoms with Gasteiger partial charge in [-0.05, 0) is 48.8 Å². The number of alkyl halides is 6. The summed E-state index contributed by atoms with van der Waals surface area (Å²) in [7, 11) is 0. The predicted molar refractivity (Wildman–Crippen MR) is 142 cm³/mol. The lowest BCUT2D eigenvalue weighted by atomic mass is 9.82. The molecule has 4 N–H and O–H groups in total. The number of aromatic amines is 1. The van der Waals surface area contributed by atoms with Crippen LogP contribution in [0.5, 0.6) is 0 Å². The fourth-order valence-electron chi connectivity index (χ4n) is 5.43. The number of aromatic nitrogens is 5. The van der Waals surface area contributed by atoms with Gasteiger partial charge in [0.2, 0.25) is 0 Å². The van der Waals surface area contributed by atoms with Gasteiger partial charge in [0, 0.05) is 25.0 Å². The lowest BCUT2D eigenvalue weighted by Crippen LogP contribution is -2.35. The summed E-state index contributed by atoms with van der Waals surface area (Å²) < 4.78 is 96.0. The Bertz CT molecular complexity index is 1780. The molecule has 0 radical (unpaired) electrons. The molecule has 9 nitrogen and oxygen atoms in total. The minimum absolute atomic E-state index is 0.00589. The van der Waals surface area contributed by atoms with Crippen molar-refractivity contribution in [3.05, 3.63) is 74.4 Å². The summed E-state index contributed by atoms with van der Waals surface area (Å²) in [6.45, 7) is 0.180. The first-order chi connectivity index (χ1) is 20.2. The van der Waals surface area contributed by atoms with Crippen LogP contribution in [0.25, 0.3) is 22.2 Å². The summed E-state index contributed by atoms with van der Waals surface area (Å²) in [5, 5.41) is 8.45. The SMILES string of the molecule is Nc1nc(-c2cc3ccn(CC[C@H]4CCCC[C@@H]4Nc4cn[nH]c(=O)c4C(F)(F)F)c(=O)c3cc2F)ncc1C(F)(F)F. The van der Waals surface area contributed by atoms with Crippen molar-refractivity contribution < 1.29 is 30.7 Å². The highest BCUT2D eigenvalue weighted by atomic mass is 19.4. The van der Waals surface area contributed by atoms with Crippen molar-refractivity contribution in [1.29, 1.82) is 0 Å². The second kappa shape index (κ2) is 11.3. The minimum Gasteiger partial charge on any atom is -0.383 e. The Morgan fingerprint density at radius 2 is 1.79 bits per heavy atom. The normalized spacial score (nSPS) is 17.7. The van der Waals surface area contributed by atoms with Crippen molar-refractivity contribution in [2.24, 2.45) is 5.92 Å². The Morgan fingerprint density at radius 3 is 2.49 bits per heavy atom. The molecule has 0 aliphatic heterocycles. The molecule has 5 rings (SSSR count). The number of benzene rings is 1. The van der Waals surface area contributed by atoms with E-state index in [0.29, 0.717) is 30.8 Å². The molecular formula is C27H24F7N7O2. The van der Waals surface area contributed by atoms with E-state index in [9.17, 15) is 35.9 Å². The summed E-state index contributed by atoms with van der Waals surface area (Å²) >= 11 is 0. The maximum Gasteiger partial charge on any atom is 0.423 e. The van der Waals surface area contributed by atoms with Crippen molar-refractivity contribution >= 4 is 22.3 Å². The number of pyridine rings is 1. The zero-order valence-electron chi connectivity index (χ0n) is 22.2. The summed E-state index contributed by atoms with van der Waals surface area (Å²) in [6.07, 6.45) is -3.59. The van der Waals surface area contributed by atoms with Crippen molar-refractivity contribution in [2.75, 3.05) is 11.1 Å². The van der Waals surface area contributed by atoms with E-state index in [1.807, 2.05) is 0 Å². The van der Waals surface area contributed by atoms with Crippen LogP contribution in [0.4, 0.5) is 42.2 Å². The quantitative estimate of drug-likeness (QED) is 0.250. The molecule has 228 valence electrons. The molecule has 4 aromatic rings. The van der Waals surface area contributed by atoms with E-state index in [2.05, 4.69) is 20.4 Å². The number of hydrogen-bond acceptors (Lipinski definition) is 7. The number of nitrogens with two attached hydrogens (primary N) is 1. The second-order valence-corrected chi connectivity index (χ2v) is 10.3. The molecule has 0 saturated heterocycles. The van der Waals surface area contributed by atoms with Crippen LogP contribution < -0.4 is 22.2 Å². The summed E-state index contributed by atoms with van der Waals surface area (Å²) in [5.41, 5.74) is 0.254. The fraction of sp³-hybridized carbons (Fsp3) is 0.370. The first-order valence-corrected chi connectivity index (χ1v) is 13.2. The molecule has 1 aliphatic rings. The number of nitrogens with zero attached hydrogens (tertiary/aromatic N) is 4. The van der Waals surface area contributed by atoms with Crippen molar-refractivity contribution in [2.45, 2.75) is 57.0 Å². The van der Waals surface area contributed by atoms with Crippen LogP contribution in [0.1, 0.15) is 43.2 Å². The van der Waals surface area contributed by atoms with Crippen molar-refractivity contribution in [1.82, 2.24) is 24.7 Å². The maximum absolute atomic E-state index is 15.1. The van der Waals surface area contributed by atoms with E-state index < -0.39 is 58.0 Å². The first kappa shape index (κ1) is 30.0. The van der Waals surface area contributed by atoms with E-state index in [1.54, 1.807) is 5.10 Å². The van der Waals surface area contributed by atoms with Gasteiger partial charge in [0.25, 0.3) is 11.1 Å². The largest absolute Gasteiger partial charge is 0.423 e. The molecule has 0 unspecified atom stereocenters. The molecule has 1 aliphatic carbocycles. The molecular weight excluding hydrogens is 587 g/mol. The molecule has 3 aromatic heterocycles. The zero-order chi connectivity index (χ0) is 31.1. The molecule has 0 bridgehead atoms. The molecule has 2 atom stereocenters. The van der Waals surface area contributed by atoms with Gasteiger partial charge in [-0.1, -0.05) is 12.8 Å². The molecule has 16 heteroatoms. The smallest absolute Gasteiger partial charge is 0.383 e. The lowest BCUT2D eigenvalue weighted by Gasteiger charge is -2.33. The van der Waals surface area contributed by atoms with Crippen molar-refractivity contribution in [3.63, 3.8) is 0 Å². The Kier molecular flexibility index (Phi) is 7.88. The Morgan fingerprint density at radius 1 is 1.05 bits per heavy atom. The molecule has 1 aromatic carbocycles. The number of fused-ring (bicyclic) bond motifs is 1. The van der Waals surface area contributed by atoms with Gasteiger partial charge in [-0.3, -0.25) is 9.59 Å². The number of hydrogen-bond donors (Lipinski definition) is 3. The van der Waals surface area contributed by atoms with E-state index >= 15 is 4.39 Å². The monoisotopic (exact) mass is 611 g/mol. The first-order valence-electron chi connectivity index (χ1n) is 13.2. The Balaban J connectivity index is 1.37. The molecule has 1 fully saturated rings. The number of aryl methyl sites for hydroxylation is 1. The van der Waals surface area contributed by atoms with E-state index in [4.69, 9.17) is 5.73 Å². The van der Waals surface area contributed by atoms with Gasteiger partial charge >= 0.3 is 12.4 Å². The van der Waals surface area contributed by atoms with Crippen LogP contribution in [0.3, 0.4) is 0 Å². The Hall–Kier alpha value is -4.50. The number of anilines is 2. The van der Waals surface area contributed by atoms with Gasteiger partial charge in [0.15, 0.2) is 5.82 Å². The van der Waals surface area contributed by atoms with Crippen LogP contribution >= 0.6 is 0 Å². The third-order valence-corrected chi connectivity index (χ3v) is 7.56. The topological polar surface area (TPSA) is 132 Å². The molecule has 3 heterocycles. The number of halogens is 7. The third-order valence-electron chi connectivity index (χ3n) is 7.56. The summed E-state index contributed by atoms with van der Waals surface area (Å²) in [4.78, 5) is 32.3. The van der Waals surface area contributed by atoms with Crippen LogP contribution in [0, 0.1) is 11.7 Å². The molecule has 1 saturated carbocycles. The molecule has 43 heavy (non-hydrogen) atoms. The Labute approximate surface area is 238 Å². The van der Waals surface area contributed by atoms with Gasteiger partial charge in [-0.25, -0.2) is 19.5 Å². The molecule has 0 amide bonds. The lowest BCUT2D eigenvalue weighted by molar-refractivity contribution is -0.138. The van der Waals surface area contributed by atoms with Gasteiger partial charge in [0.05, 0.1) is 22.8 Å². The van der Waals surface area contributed by atoms with Gasteiger partial charge < -0.3 is 15.6 Å².